The average Bonchev–Trinajstić information content (AvgIpc) is 3.32. The van der Waals surface area contributed by atoms with Crippen LogP contribution in [0.2, 0.25) is 4.34 Å². The Hall–Kier alpha value is -3.86. The molecular weight excluding hydrogens is 536 g/mol. The maximum Gasteiger partial charge on any atom is 0.338 e. The van der Waals surface area contributed by atoms with Gasteiger partial charge < -0.3 is 14.8 Å². The van der Waals surface area contributed by atoms with Crippen LogP contribution < -0.4 is 14.8 Å². The van der Waals surface area contributed by atoms with E-state index >= 15 is 0 Å². The van der Waals surface area contributed by atoms with Crippen molar-refractivity contribution in [1.29, 1.82) is 0 Å². The zero-order chi connectivity index (χ0) is 26.4. The van der Waals surface area contributed by atoms with Crippen molar-refractivity contribution in [1.82, 2.24) is 0 Å². The van der Waals surface area contributed by atoms with Gasteiger partial charge in [-0.2, -0.15) is 0 Å². The van der Waals surface area contributed by atoms with Crippen molar-refractivity contribution in [3.63, 3.8) is 0 Å². The number of nitrogens with one attached hydrogen (secondary N) is 2. The van der Waals surface area contributed by atoms with E-state index in [1.54, 1.807) is 24.3 Å². The van der Waals surface area contributed by atoms with E-state index in [0.717, 1.165) is 11.3 Å². The monoisotopic (exact) mass is 556 g/mol. The summed E-state index contributed by atoms with van der Waals surface area (Å²) in [6, 6.07) is 24.6. The van der Waals surface area contributed by atoms with Gasteiger partial charge in [-0.1, -0.05) is 35.9 Å². The molecule has 0 saturated heterocycles. The van der Waals surface area contributed by atoms with Gasteiger partial charge in [0.2, 0.25) is 0 Å². The second-order valence-electron chi connectivity index (χ2n) is 7.72. The Morgan fingerprint density at radius 3 is 2.24 bits per heavy atom. The first-order valence-electron chi connectivity index (χ1n) is 10.9. The summed E-state index contributed by atoms with van der Waals surface area (Å²) in [5.41, 5.74) is 0.884. The van der Waals surface area contributed by atoms with E-state index in [1.807, 2.05) is 30.3 Å². The number of benzene rings is 3. The minimum absolute atomic E-state index is 0.0676. The van der Waals surface area contributed by atoms with Gasteiger partial charge in [-0.15, -0.1) is 11.3 Å². The summed E-state index contributed by atoms with van der Waals surface area (Å²) in [6.07, 6.45) is -1.09. The van der Waals surface area contributed by atoms with Crippen LogP contribution in [0.4, 0.5) is 11.4 Å². The molecule has 37 heavy (non-hydrogen) atoms. The minimum Gasteiger partial charge on any atom is -0.457 e. The number of rotatable bonds is 9. The Balaban J connectivity index is 1.33. The Morgan fingerprint density at radius 2 is 1.57 bits per heavy atom. The van der Waals surface area contributed by atoms with Gasteiger partial charge in [-0.3, -0.25) is 9.52 Å². The van der Waals surface area contributed by atoms with Crippen molar-refractivity contribution < 1.29 is 27.5 Å². The molecule has 3 aromatic carbocycles. The third kappa shape index (κ3) is 7.10. The molecule has 11 heteroatoms. The number of sulfonamides is 1. The van der Waals surface area contributed by atoms with Crippen LogP contribution in [0.15, 0.2) is 95.2 Å². The molecule has 1 amide bonds. The molecule has 1 unspecified atom stereocenters. The molecule has 8 nitrogen and oxygen atoms in total. The SMILES string of the molecule is CC(OC(=O)c1ccc(NS(=O)(=O)c2ccc(Cl)s2)cc1)C(=O)Nc1cccc(Oc2ccccc2)c1. The number of ether oxygens (including phenoxy) is 2. The van der Waals surface area contributed by atoms with Crippen molar-refractivity contribution in [3.05, 3.63) is 101 Å². The van der Waals surface area contributed by atoms with Gasteiger partial charge in [-0.05, 0) is 67.6 Å². The number of anilines is 2. The summed E-state index contributed by atoms with van der Waals surface area (Å²) in [6.45, 7) is 1.45. The molecule has 190 valence electrons. The number of halogens is 1. The van der Waals surface area contributed by atoms with E-state index in [-0.39, 0.29) is 15.5 Å². The lowest BCUT2D eigenvalue weighted by molar-refractivity contribution is -0.123. The summed E-state index contributed by atoms with van der Waals surface area (Å²) in [5, 5.41) is 2.70. The Labute approximate surface area is 222 Å². The first kappa shape index (κ1) is 26.2. The fraction of sp³-hybridized carbons (Fsp3) is 0.0769. The molecule has 4 aromatic rings. The zero-order valence-corrected chi connectivity index (χ0v) is 21.8. The van der Waals surface area contributed by atoms with Crippen LogP contribution in [0, 0.1) is 0 Å². The highest BCUT2D eigenvalue weighted by Crippen LogP contribution is 2.27. The largest absolute Gasteiger partial charge is 0.457 e. The molecule has 0 aliphatic heterocycles. The Morgan fingerprint density at radius 1 is 0.865 bits per heavy atom. The number of hydrogen-bond donors (Lipinski definition) is 2. The maximum atomic E-state index is 12.6. The van der Waals surface area contributed by atoms with E-state index in [9.17, 15) is 18.0 Å². The minimum atomic E-state index is -3.80. The summed E-state index contributed by atoms with van der Waals surface area (Å²) < 4.78 is 38.7. The highest BCUT2D eigenvalue weighted by atomic mass is 35.5. The average molecular weight is 557 g/mol. The third-order valence-electron chi connectivity index (χ3n) is 4.92. The zero-order valence-electron chi connectivity index (χ0n) is 19.4. The van der Waals surface area contributed by atoms with Gasteiger partial charge in [0, 0.05) is 17.4 Å². The van der Waals surface area contributed by atoms with Gasteiger partial charge >= 0.3 is 5.97 Å². The highest BCUT2D eigenvalue weighted by molar-refractivity contribution is 7.94. The molecular formula is C26H21ClN2O6S2. The van der Waals surface area contributed by atoms with E-state index in [2.05, 4.69) is 10.0 Å². The fourth-order valence-corrected chi connectivity index (χ4v) is 5.65. The molecule has 1 atom stereocenters. The van der Waals surface area contributed by atoms with Gasteiger partial charge in [0.25, 0.3) is 15.9 Å². The number of hydrogen-bond acceptors (Lipinski definition) is 7. The molecule has 0 aliphatic carbocycles. The van der Waals surface area contributed by atoms with Gasteiger partial charge in [0.05, 0.1) is 9.90 Å². The Kier molecular flexibility index (Phi) is 8.12. The summed E-state index contributed by atoms with van der Waals surface area (Å²) >= 11 is 6.74. The highest BCUT2D eigenvalue weighted by Gasteiger charge is 2.20. The van der Waals surface area contributed by atoms with E-state index in [4.69, 9.17) is 21.1 Å². The summed E-state index contributed by atoms with van der Waals surface area (Å²) in [7, 11) is -3.80. The summed E-state index contributed by atoms with van der Waals surface area (Å²) in [4.78, 5) is 25.1. The van der Waals surface area contributed by atoms with Gasteiger partial charge in [-0.25, -0.2) is 13.2 Å². The number of carbonyl (C=O) groups is 2. The topological polar surface area (TPSA) is 111 Å². The second-order valence-corrected chi connectivity index (χ2v) is 11.3. The molecule has 2 N–H and O–H groups in total. The second kappa shape index (κ2) is 11.5. The van der Waals surface area contributed by atoms with Crippen LogP contribution in [-0.2, 0) is 19.6 Å². The smallest absolute Gasteiger partial charge is 0.338 e. The van der Waals surface area contributed by atoms with E-state index in [1.165, 1.54) is 43.3 Å². The molecule has 0 radical (unpaired) electrons. The molecule has 0 saturated carbocycles. The maximum absolute atomic E-state index is 12.6. The number of amides is 1. The van der Waals surface area contributed by atoms with Crippen LogP contribution in [0.5, 0.6) is 11.5 Å². The number of carbonyl (C=O) groups excluding carboxylic acids is 2. The van der Waals surface area contributed by atoms with Crippen LogP contribution in [0.1, 0.15) is 17.3 Å². The first-order valence-corrected chi connectivity index (χ1v) is 13.6. The van der Waals surface area contributed by atoms with E-state index < -0.39 is 28.0 Å². The third-order valence-corrected chi connectivity index (χ3v) is 8.02. The van der Waals surface area contributed by atoms with Crippen molar-refractivity contribution in [2.24, 2.45) is 0 Å². The quantitative estimate of drug-likeness (QED) is 0.238. The van der Waals surface area contributed by atoms with Crippen molar-refractivity contribution in [2.75, 3.05) is 10.0 Å². The molecule has 0 spiro atoms. The number of thiophene rings is 1. The molecule has 1 heterocycles. The fourth-order valence-electron chi connectivity index (χ4n) is 3.11. The lowest BCUT2D eigenvalue weighted by Gasteiger charge is -2.14. The lowest BCUT2D eigenvalue weighted by atomic mass is 10.2. The Bertz CT molecular complexity index is 1510. The predicted molar refractivity (Wildman–Crippen MR) is 143 cm³/mol. The van der Waals surface area contributed by atoms with Crippen LogP contribution in [0.25, 0.3) is 0 Å². The first-order chi connectivity index (χ1) is 17.7. The van der Waals surface area contributed by atoms with E-state index in [0.29, 0.717) is 21.5 Å². The molecule has 0 aliphatic rings. The van der Waals surface area contributed by atoms with Crippen LogP contribution in [-0.4, -0.2) is 26.4 Å². The van der Waals surface area contributed by atoms with Crippen LogP contribution in [0.3, 0.4) is 0 Å². The summed E-state index contributed by atoms with van der Waals surface area (Å²) in [5.74, 6) is -0.0676. The number of para-hydroxylation sites is 1. The predicted octanol–water partition coefficient (Wildman–Crippen LogP) is 6.18. The van der Waals surface area contributed by atoms with Crippen LogP contribution >= 0.6 is 22.9 Å². The van der Waals surface area contributed by atoms with Crippen molar-refractivity contribution in [3.8, 4) is 11.5 Å². The normalized spacial score (nSPS) is 11.8. The van der Waals surface area contributed by atoms with Gasteiger partial charge in [0.1, 0.15) is 15.7 Å². The van der Waals surface area contributed by atoms with Crippen molar-refractivity contribution >= 4 is 56.2 Å². The molecule has 0 fully saturated rings. The molecule has 4 rings (SSSR count). The standard InChI is InChI=1S/C26H21ClN2O6S2/c1-17(25(30)28-20-6-5-9-22(16-20)35-21-7-3-2-4-8-21)34-26(31)18-10-12-19(13-11-18)29-37(32,33)24-15-14-23(27)36-24/h2-17,29H,1H3,(H,28,30). The number of esters is 1. The molecule has 0 bridgehead atoms. The molecule has 1 aromatic heterocycles. The van der Waals surface area contributed by atoms with Gasteiger partial charge in [0.15, 0.2) is 6.10 Å². The van der Waals surface area contributed by atoms with Crippen molar-refractivity contribution in [2.45, 2.75) is 17.2 Å². The lowest BCUT2D eigenvalue weighted by Crippen LogP contribution is -2.30.